The van der Waals surface area contributed by atoms with Gasteiger partial charge in [-0.2, -0.15) is 0 Å². The van der Waals surface area contributed by atoms with Gasteiger partial charge in [0.25, 0.3) is 10.2 Å². The van der Waals surface area contributed by atoms with Crippen LogP contribution in [0.3, 0.4) is 0 Å². The minimum Gasteiger partial charge on any atom is -0.323 e. The number of carbonyl (C=O) groups is 2. The van der Waals surface area contributed by atoms with E-state index in [1.165, 1.54) is 0 Å². The second-order valence-corrected chi connectivity index (χ2v) is 6.34. The van der Waals surface area contributed by atoms with Gasteiger partial charge in [-0.1, -0.05) is 55.2 Å². The molecule has 0 saturated carbocycles. The third-order valence-electron chi connectivity index (χ3n) is 2.55. The van der Waals surface area contributed by atoms with Crippen molar-refractivity contribution in [2.45, 2.75) is 18.2 Å². The molecule has 0 aliphatic carbocycles. The number of Topliss-reactive ketones (excluding diaryl/α,β-unsaturated/α-hetero) is 1. The SMILES string of the molecule is CC(C)(CCl)C(=O)C(Cl)(Cl)C(=O)Nc1ccccc1. The van der Waals surface area contributed by atoms with Gasteiger partial charge in [-0.3, -0.25) is 9.59 Å². The highest BCUT2D eigenvalue weighted by atomic mass is 35.5. The Labute approximate surface area is 127 Å². The minimum atomic E-state index is -2.17. The number of ketones is 1. The second kappa shape index (κ2) is 6.12. The van der Waals surface area contributed by atoms with Gasteiger partial charge in [0.1, 0.15) is 0 Å². The zero-order valence-electron chi connectivity index (χ0n) is 10.5. The number of alkyl halides is 3. The molecule has 0 bridgehead atoms. The highest BCUT2D eigenvalue weighted by molar-refractivity contribution is 6.69. The van der Waals surface area contributed by atoms with Crippen molar-refractivity contribution in [1.29, 1.82) is 0 Å². The summed E-state index contributed by atoms with van der Waals surface area (Å²) in [7, 11) is 0. The normalized spacial score (nSPS) is 12.1. The van der Waals surface area contributed by atoms with E-state index in [0.717, 1.165) is 0 Å². The van der Waals surface area contributed by atoms with Gasteiger partial charge in [-0.25, -0.2) is 0 Å². The van der Waals surface area contributed by atoms with E-state index in [4.69, 9.17) is 34.8 Å². The lowest BCUT2D eigenvalue weighted by molar-refractivity contribution is -0.131. The molecule has 1 aromatic carbocycles. The van der Waals surface area contributed by atoms with E-state index in [9.17, 15) is 9.59 Å². The average molecular weight is 323 g/mol. The minimum absolute atomic E-state index is 0.0195. The molecule has 1 N–H and O–H groups in total. The summed E-state index contributed by atoms with van der Waals surface area (Å²) in [6, 6.07) is 8.61. The summed E-state index contributed by atoms with van der Waals surface area (Å²) in [4.78, 5) is 24.1. The van der Waals surface area contributed by atoms with Crippen LogP contribution in [-0.2, 0) is 9.59 Å². The Morgan fingerprint density at radius 2 is 1.68 bits per heavy atom. The van der Waals surface area contributed by atoms with E-state index >= 15 is 0 Å². The van der Waals surface area contributed by atoms with Crippen LogP contribution in [0.1, 0.15) is 13.8 Å². The number of hydrogen-bond donors (Lipinski definition) is 1. The molecule has 0 aliphatic rings. The van der Waals surface area contributed by atoms with E-state index in [2.05, 4.69) is 5.32 Å². The van der Waals surface area contributed by atoms with Gasteiger partial charge in [0.2, 0.25) is 0 Å². The van der Waals surface area contributed by atoms with Crippen LogP contribution in [0.4, 0.5) is 5.69 Å². The largest absolute Gasteiger partial charge is 0.323 e. The summed E-state index contributed by atoms with van der Waals surface area (Å²) in [6.45, 7) is 3.16. The first-order valence-corrected chi connectivity index (χ1v) is 6.86. The fourth-order valence-corrected chi connectivity index (χ4v) is 2.05. The number of hydrogen-bond acceptors (Lipinski definition) is 2. The van der Waals surface area contributed by atoms with Gasteiger partial charge in [-0.05, 0) is 12.1 Å². The van der Waals surface area contributed by atoms with Gasteiger partial charge in [-0.15, -0.1) is 11.6 Å². The number of anilines is 1. The van der Waals surface area contributed by atoms with Crippen molar-refractivity contribution >= 4 is 52.2 Å². The molecular weight excluding hydrogens is 309 g/mol. The van der Waals surface area contributed by atoms with Crippen LogP contribution in [0.2, 0.25) is 0 Å². The van der Waals surface area contributed by atoms with Crippen molar-refractivity contribution in [2.24, 2.45) is 5.41 Å². The smallest absolute Gasteiger partial charge is 0.268 e. The summed E-state index contributed by atoms with van der Waals surface area (Å²) >= 11 is 17.5. The van der Waals surface area contributed by atoms with Crippen molar-refractivity contribution in [3.63, 3.8) is 0 Å². The maximum absolute atomic E-state index is 12.1. The van der Waals surface area contributed by atoms with Gasteiger partial charge >= 0.3 is 0 Å². The van der Waals surface area contributed by atoms with Crippen LogP contribution in [0, 0.1) is 5.41 Å². The number of amides is 1. The lowest BCUT2D eigenvalue weighted by atomic mass is 9.88. The molecule has 0 aliphatic heterocycles. The summed E-state index contributed by atoms with van der Waals surface area (Å²) in [5.74, 6) is -1.40. The molecular formula is C13H14Cl3NO2. The van der Waals surface area contributed by atoms with Gasteiger partial charge in [0.05, 0.1) is 0 Å². The van der Waals surface area contributed by atoms with Crippen LogP contribution < -0.4 is 5.32 Å². The number of benzene rings is 1. The molecule has 1 amide bonds. The van der Waals surface area contributed by atoms with Gasteiger partial charge in [0.15, 0.2) is 5.78 Å². The number of nitrogens with one attached hydrogen (secondary N) is 1. The third-order valence-corrected chi connectivity index (χ3v) is 3.91. The van der Waals surface area contributed by atoms with Crippen LogP contribution in [0.25, 0.3) is 0 Å². The number of para-hydroxylation sites is 1. The summed E-state index contributed by atoms with van der Waals surface area (Å²) in [5.41, 5.74) is -0.478. The van der Waals surface area contributed by atoms with Crippen LogP contribution in [0.15, 0.2) is 30.3 Å². The first-order valence-electron chi connectivity index (χ1n) is 5.57. The first-order chi connectivity index (χ1) is 8.71. The molecule has 0 aromatic heterocycles. The highest BCUT2D eigenvalue weighted by Crippen LogP contribution is 2.34. The maximum Gasteiger partial charge on any atom is 0.268 e. The predicted molar refractivity (Wildman–Crippen MR) is 79.0 cm³/mol. The highest BCUT2D eigenvalue weighted by Gasteiger charge is 2.48. The lowest BCUT2D eigenvalue weighted by Gasteiger charge is -2.27. The quantitative estimate of drug-likeness (QED) is 0.664. The molecule has 3 nitrogen and oxygen atoms in total. The van der Waals surface area contributed by atoms with Crippen molar-refractivity contribution < 1.29 is 9.59 Å². The molecule has 0 spiro atoms. The topological polar surface area (TPSA) is 46.2 Å². The average Bonchev–Trinajstić information content (AvgIpc) is 2.38. The number of halogens is 3. The standard InChI is InChI=1S/C13H14Cl3NO2/c1-12(2,8-14)10(18)13(15,16)11(19)17-9-6-4-3-5-7-9/h3-7H,8H2,1-2H3,(H,17,19). The Morgan fingerprint density at radius 1 is 1.16 bits per heavy atom. The maximum atomic E-state index is 12.1. The van der Waals surface area contributed by atoms with E-state index < -0.39 is 21.4 Å². The molecule has 0 saturated heterocycles. The van der Waals surface area contributed by atoms with Gasteiger partial charge in [0, 0.05) is 17.0 Å². The Kier molecular flexibility index (Phi) is 5.25. The number of carbonyl (C=O) groups excluding carboxylic acids is 2. The molecule has 0 unspecified atom stereocenters. The second-order valence-electron chi connectivity index (χ2n) is 4.74. The van der Waals surface area contributed by atoms with Crippen molar-refractivity contribution in [3.8, 4) is 0 Å². The van der Waals surface area contributed by atoms with Crippen LogP contribution in [0.5, 0.6) is 0 Å². The molecule has 6 heteroatoms. The fourth-order valence-electron chi connectivity index (χ4n) is 1.32. The monoisotopic (exact) mass is 321 g/mol. The van der Waals surface area contributed by atoms with E-state index in [1.807, 2.05) is 0 Å². The fraction of sp³-hybridized carbons (Fsp3) is 0.385. The Hall–Kier alpha value is -0.770. The predicted octanol–water partition coefficient (Wildman–Crippen LogP) is 3.63. The van der Waals surface area contributed by atoms with Crippen molar-refractivity contribution in [3.05, 3.63) is 30.3 Å². The van der Waals surface area contributed by atoms with E-state index in [0.29, 0.717) is 5.69 Å². The van der Waals surface area contributed by atoms with Gasteiger partial charge < -0.3 is 5.32 Å². The summed E-state index contributed by atoms with van der Waals surface area (Å²) in [6.07, 6.45) is 0. The Balaban J connectivity index is 2.89. The molecule has 0 atom stereocenters. The van der Waals surface area contributed by atoms with E-state index in [-0.39, 0.29) is 5.88 Å². The number of rotatable bonds is 5. The summed E-state index contributed by atoms with van der Waals surface area (Å²) in [5, 5.41) is 2.49. The van der Waals surface area contributed by atoms with Crippen LogP contribution >= 0.6 is 34.8 Å². The molecule has 19 heavy (non-hydrogen) atoms. The lowest BCUT2D eigenvalue weighted by Crippen LogP contribution is -2.47. The molecule has 0 fully saturated rings. The third kappa shape index (κ3) is 3.85. The Bertz CT molecular complexity index is 472. The first kappa shape index (κ1) is 16.3. The molecule has 0 radical (unpaired) electrons. The molecule has 1 rings (SSSR count). The van der Waals surface area contributed by atoms with E-state index in [1.54, 1.807) is 44.2 Å². The van der Waals surface area contributed by atoms with Crippen LogP contribution in [-0.4, -0.2) is 21.9 Å². The van der Waals surface area contributed by atoms with Crippen molar-refractivity contribution in [1.82, 2.24) is 0 Å². The summed E-state index contributed by atoms with van der Waals surface area (Å²) < 4.78 is -2.17. The Morgan fingerprint density at radius 3 is 2.16 bits per heavy atom. The molecule has 0 heterocycles. The van der Waals surface area contributed by atoms with Crippen molar-refractivity contribution in [2.75, 3.05) is 11.2 Å². The zero-order valence-corrected chi connectivity index (χ0v) is 12.8. The zero-order chi connectivity index (χ0) is 14.7. The molecule has 1 aromatic rings. The molecule has 104 valence electrons.